The van der Waals surface area contributed by atoms with Gasteiger partial charge < -0.3 is 5.73 Å². The summed E-state index contributed by atoms with van der Waals surface area (Å²) in [6, 6.07) is 0. The lowest BCUT2D eigenvalue weighted by Crippen LogP contribution is -2.45. The summed E-state index contributed by atoms with van der Waals surface area (Å²) in [6.45, 7) is 4.30. The van der Waals surface area contributed by atoms with Crippen molar-refractivity contribution in [2.75, 3.05) is 0 Å². The van der Waals surface area contributed by atoms with Gasteiger partial charge in [-0.2, -0.15) is 0 Å². The Balaban J connectivity index is 2.29. The number of nitrogens with zero attached hydrogens (tertiary/aromatic N) is 1. The lowest BCUT2D eigenvalue weighted by atomic mass is 9.75. The van der Waals surface area contributed by atoms with Crippen LogP contribution < -0.4 is 5.73 Å². The highest BCUT2D eigenvalue weighted by Gasteiger charge is 2.38. The van der Waals surface area contributed by atoms with Gasteiger partial charge in [0.05, 0.1) is 5.54 Å². The maximum atomic E-state index is 6.49. The largest absolute Gasteiger partial charge is 0.319 e. The van der Waals surface area contributed by atoms with E-state index in [0.29, 0.717) is 5.92 Å². The zero-order valence-corrected chi connectivity index (χ0v) is 9.73. The van der Waals surface area contributed by atoms with Gasteiger partial charge in [0.25, 0.3) is 0 Å². The molecule has 1 heterocycles. The zero-order valence-electron chi connectivity index (χ0n) is 8.92. The summed E-state index contributed by atoms with van der Waals surface area (Å²) < 4.78 is 0. The van der Waals surface area contributed by atoms with Crippen LogP contribution in [0.3, 0.4) is 0 Å². The van der Waals surface area contributed by atoms with Crippen LogP contribution in [0.1, 0.15) is 43.3 Å². The Morgan fingerprint density at radius 3 is 2.93 bits per heavy atom. The third-order valence-corrected chi connectivity index (χ3v) is 4.53. The summed E-state index contributed by atoms with van der Waals surface area (Å²) >= 11 is 1.72. The second-order valence-electron chi connectivity index (χ2n) is 4.48. The number of nitrogens with two attached hydrogens (primary N) is 1. The fourth-order valence-electron chi connectivity index (χ4n) is 2.26. The Bertz CT molecular complexity index is 321. The standard InChI is InChI=1S/C11H18N2S/c1-8-5-3-4-6-11(8,12)10-13-9(2)7-14-10/h7-8H,3-6,12H2,1-2H3. The molecule has 14 heavy (non-hydrogen) atoms. The molecular formula is C11H18N2S. The molecule has 2 unspecified atom stereocenters. The van der Waals surface area contributed by atoms with E-state index in [-0.39, 0.29) is 5.54 Å². The molecule has 0 saturated heterocycles. The minimum atomic E-state index is -0.142. The smallest absolute Gasteiger partial charge is 0.113 e. The van der Waals surface area contributed by atoms with Gasteiger partial charge in [0, 0.05) is 11.1 Å². The first-order valence-electron chi connectivity index (χ1n) is 5.34. The molecule has 1 saturated carbocycles. The fraction of sp³-hybridized carbons (Fsp3) is 0.727. The van der Waals surface area contributed by atoms with E-state index in [1.165, 1.54) is 19.3 Å². The second kappa shape index (κ2) is 3.63. The maximum absolute atomic E-state index is 6.49. The average Bonchev–Trinajstić information content (AvgIpc) is 2.58. The molecule has 0 amide bonds. The third kappa shape index (κ3) is 1.59. The van der Waals surface area contributed by atoms with Crippen LogP contribution in [0.25, 0.3) is 0 Å². The van der Waals surface area contributed by atoms with Crippen molar-refractivity contribution in [1.82, 2.24) is 4.98 Å². The van der Waals surface area contributed by atoms with Crippen molar-refractivity contribution in [2.24, 2.45) is 11.7 Å². The van der Waals surface area contributed by atoms with E-state index in [9.17, 15) is 0 Å². The summed E-state index contributed by atoms with van der Waals surface area (Å²) in [5.41, 5.74) is 7.45. The van der Waals surface area contributed by atoms with Crippen molar-refractivity contribution in [1.29, 1.82) is 0 Å². The van der Waals surface area contributed by atoms with Gasteiger partial charge in [-0.25, -0.2) is 4.98 Å². The lowest BCUT2D eigenvalue weighted by Gasteiger charge is -2.37. The van der Waals surface area contributed by atoms with E-state index in [1.54, 1.807) is 11.3 Å². The van der Waals surface area contributed by atoms with Crippen LogP contribution in [0.15, 0.2) is 5.38 Å². The number of hydrogen-bond donors (Lipinski definition) is 1. The zero-order chi connectivity index (χ0) is 10.2. The van der Waals surface area contributed by atoms with E-state index >= 15 is 0 Å². The van der Waals surface area contributed by atoms with Gasteiger partial charge in [-0.3, -0.25) is 0 Å². The fourth-order valence-corrected chi connectivity index (χ4v) is 3.31. The van der Waals surface area contributed by atoms with Gasteiger partial charge in [-0.05, 0) is 25.7 Å². The van der Waals surface area contributed by atoms with E-state index < -0.39 is 0 Å². The van der Waals surface area contributed by atoms with Crippen molar-refractivity contribution in [3.63, 3.8) is 0 Å². The van der Waals surface area contributed by atoms with E-state index in [1.807, 2.05) is 6.92 Å². The number of aromatic nitrogens is 1. The summed E-state index contributed by atoms with van der Waals surface area (Å²) in [4.78, 5) is 4.55. The van der Waals surface area contributed by atoms with Crippen LogP contribution >= 0.6 is 11.3 Å². The van der Waals surface area contributed by atoms with Crippen LogP contribution in [0, 0.1) is 12.8 Å². The highest BCUT2D eigenvalue weighted by Crippen LogP contribution is 2.40. The first-order chi connectivity index (χ1) is 6.63. The third-order valence-electron chi connectivity index (χ3n) is 3.37. The van der Waals surface area contributed by atoms with Gasteiger partial charge in [-0.1, -0.05) is 19.8 Å². The molecule has 1 aromatic heterocycles. The SMILES string of the molecule is Cc1csc(C2(N)CCCCC2C)n1. The molecule has 0 aliphatic heterocycles. The van der Waals surface area contributed by atoms with Crippen LogP contribution in [0.4, 0.5) is 0 Å². The molecular weight excluding hydrogens is 192 g/mol. The van der Waals surface area contributed by atoms with Crippen LogP contribution in [-0.2, 0) is 5.54 Å². The quantitative estimate of drug-likeness (QED) is 0.774. The molecule has 3 heteroatoms. The van der Waals surface area contributed by atoms with Crippen LogP contribution in [0.5, 0.6) is 0 Å². The van der Waals surface area contributed by atoms with Gasteiger partial charge in [-0.15, -0.1) is 11.3 Å². The monoisotopic (exact) mass is 210 g/mol. The molecule has 0 radical (unpaired) electrons. The molecule has 78 valence electrons. The summed E-state index contributed by atoms with van der Waals surface area (Å²) in [6.07, 6.45) is 4.92. The van der Waals surface area contributed by atoms with Crippen LogP contribution in [-0.4, -0.2) is 4.98 Å². The Kier molecular flexibility index (Phi) is 2.62. The molecule has 0 bridgehead atoms. The van der Waals surface area contributed by atoms with Crippen molar-refractivity contribution in [3.05, 3.63) is 16.1 Å². The molecule has 0 aromatic carbocycles. The van der Waals surface area contributed by atoms with Gasteiger partial charge in [0.2, 0.25) is 0 Å². The normalized spacial score (nSPS) is 33.2. The van der Waals surface area contributed by atoms with E-state index in [0.717, 1.165) is 17.1 Å². The molecule has 2 N–H and O–H groups in total. The highest BCUT2D eigenvalue weighted by atomic mass is 32.1. The molecule has 2 atom stereocenters. The number of rotatable bonds is 1. The number of hydrogen-bond acceptors (Lipinski definition) is 3. The number of aryl methyl sites for hydroxylation is 1. The molecule has 1 fully saturated rings. The summed E-state index contributed by atoms with van der Waals surface area (Å²) in [5, 5.41) is 3.24. The Hall–Kier alpha value is -0.410. The second-order valence-corrected chi connectivity index (χ2v) is 5.34. The van der Waals surface area contributed by atoms with Crippen molar-refractivity contribution in [3.8, 4) is 0 Å². The first kappa shape index (κ1) is 10.1. The van der Waals surface area contributed by atoms with Crippen molar-refractivity contribution < 1.29 is 0 Å². The summed E-state index contributed by atoms with van der Waals surface area (Å²) in [7, 11) is 0. The predicted octanol–water partition coefficient (Wildman–Crippen LogP) is 2.82. The Morgan fingerprint density at radius 2 is 2.36 bits per heavy atom. The van der Waals surface area contributed by atoms with E-state index in [2.05, 4.69) is 17.3 Å². The van der Waals surface area contributed by atoms with Gasteiger partial charge in [0.15, 0.2) is 0 Å². The Labute approximate surface area is 89.5 Å². The van der Waals surface area contributed by atoms with Crippen LogP contribution in [0.2, 0.25) is 0 Å². The highest BCUT2D eigenvalue weighted by molar-refractivity contribution is 7.09. The van der Waals surface area contributed by atoms with Gasteiger partial charge in [0.1, 0.15) is 5.01 Å². The predicted molar refractivity (Wildman–Crippen MR) is 60.3 cm³/mol. The molecule has 2 rings (SSSR count). The maximum Gasteiger partial charge on any atom is 0.113 e. The lowest BCUT2D eigenvalue weighted by molar-refractivity contribution is 0.206. The molecule has 1 aliphatic carbocycles. The molecule has 2 nitrogen and oxygen atoms in total. The molecule has 1 aromatic rings. The molecule has 1 aliphatic rings. The van der Waals surface area contributed by atoms with Gasteiger partial charge >= 0.3 is 0 Å². The minimum absolute atomic E-state index is 0.142. The first-order valence-corrected chi connectivity index (χ1v) is 6.22. The summed E-state index contributed by atoms with van der Waals surface area (Å²) in [5.74, 6) is 0.571. The Morgan fingerprint density at radius 1 is 1.57 bits per heavy atom. The molecule has 0 spiro atoms. The van der Waals surface area contributed by atoms with Crippen molar-refractivity contribution >= 4 is 11.3 Å². The number of thiazole rings is 1. The topological polar surface area (TPSA) is 38.9 Å². The minimum Gasteiger partial charge on any atom is -0.319 e. The van der Waals surface area contributed by atoms with E-state index in [4.69, 9.17) is 5.73 Å². The average molecular weight is 210 g/mol. The van der Waals surface area contributed by atoms with Crippen molar-refractivity contribution in [2.45, 2.75) is 45.1 Å².